The Morgan fingerprint density at radius 1 is 1.06 bits per heavy atom. The minimum atomic E-state index is -3.99. The van der Waals surface area contributed by atoms with Crippen molar-refractivity contribution in [2.75, 3.05) is 17.6 Å². The molecule has 3 aromatic carbocycles. The van der Waals surface area contributed by atoms with E-state index < -0.39 is 22.5 Å². The van der Waals surface area contributed by atoms with Gasteiger partial charge in [-0.1, -0.05) is 24.3 Å². The number of benzene rings is 3. The van der Waals surface area contributed by atoms with Gasteiger partial charge < -0.3 is 9.47 Å². The Kier molecular flexibility index (Phi) is 6.90. The molecule has 0 saturated heterocycles. The van der Waals surface area contributed by atoms with E-state index in [-0.39, 0.29) is 11.7 Å². The first-order valence-corrected chi connectivity index (χ1v) is 12.5. The van der Waals surface area contributed by atoms with Crippen LogP contribution in [0.3, 0.4) is 0 Å². The first-order valence-electron chi connectivity index (χ1n) is 10.3. The zero-order valence-corrected chi connectivity index (χ0v) is 20.9. The zero-order valence-electron chi connectivity index (χ0n) is 18.5. The van der Waals surface area contributed by atoms with E-state index in [1.807, 2.05) is 19.9 Å². The molecule has 0 bridgehead atoms. The van der Waals surface area contributed by atoms with E-state index in [1.54, 1.807) is 42.5 Å². The molecule has 0 spiro atoms. The Hall–Kier alpha value is -3.37. The van der Waals surface area contributed by atoms with Gasteiger partial charge in [-0.05, 0) is 77.3 Å². The van der Waals surface area contributed by atoms with Gasteiger partial charge in [-0.2, -0.15) is 5.10 Å². The third kappa shape index (κ3) is 5.23. The predicted molar refractivity (Wildman–Crippen MR) is 133 cm³/mol. The molecule has 0 unspecified atom stereocenters. The van der Waals surface area contributed by atoms with E-state index in [1.165, 1.54) is 18.3 Å². The van der Waals surface area contributed by atoms with Crippen LogP contribution in [0.15, 0.2) is 75.1 Å². The third-order valence-electron chi connectivity index (χ3n) is 5.00. The molecule has 10 heteroatoms. The average molecular weight is 544 g/mol. The number of hydrazone groups is 1. The minimum absolute atomic E-state index is 0.0924. The fourth-order valence-electron chi connectivity index (χ4n) is 3.50. The summed E-state index contributed by atoms with van der Waals surface area (Å²) in [4.78, 5) is 12.8. The lowest BCUT2D eigenvalue weighted by atomic mass is 10.1. The molecule has 0 fully saturated rings. The first-order chi connectivity index (χ1) is 16.2. The normalized spacial score (nSPS) is 12.7. The second kappa shape index (κ2) is 9.86. The number of nitrogens with one attached hydrogen (secondary N) is 1. The quantitative estimate of drug-likeness (QED) is 0.356. The van der Waals surface area contributed by atoms with Crippen LogP contribution >= 0.6 is 15.9 Å². The maximum absolute atomic E-state index is 13.4. The number of carbonyl (C=O) groups is 1. The number of anilines is 1. The molecular formula is C24H22BrN3O5S. The highest BCUT2D eigenvalue weighted by Crippen LogP contribution is 2.36. The number of sulfonamides is 1. The maximum atomic E-state index is 13.4. The third-order valence-corrected chi connectivity index (χ3v) is 7.47. The van der Waals surface area contributed by atoms with Gasteiger partial charge in [0.05, 0.1) is 16.8 Å². The van der Waals surface area contributed by atoms with Gasteiger partial charge in [-0.3, -0.25) is 9.10 Å². The van der Waals surface area contributed by atoms with Crippen LogP contribution in [-0.2, 0) is 14.8 Å². The number of amides is 1. The van der Waals surface area contributed by atoms with Crippen molar-refractivity contribution in [1.29, 1.82) is 0 Å². The molecule has 1 aliphatic rings. The number of nitrogens with zero attached hydrogens (tertiary/aromatic N) is 2. The lowest BCUT2D eigenvalue weighted by Gasteiger charge is -2.24. The lowest BCUT2D eigenvalue weighted by molar-refractivity contribution is -0.119. The second-order valence-electron chi connectivity index (χ2n) is 7.69. The Labute approximate surface area is 206 Å². The van der Waals surface area contributed by atoms with E-state index in [4.69, 9.17) is 9.47 Å². The molecule has 8 nitrogen and oxygen atoms in total. The Morgan fingerprint density at radius 2 is 1.71 bits per heavy atom. The summed E-state index contributed by atoms with van der Waals surface area (Å²) in [5, 5.41) is 3.99. The van der Waals surface area contributed by atoms with Crippen LogP contribution < -0.4 is 19.2 Å². The van der Waals surface area contributed by atoms with E-state index in [0.29, 0.717) is 27.2 Å². The van der Waals surface area contributed by atoms with Crippen LogP contribution in [0.1, 0.15) is 16.7 Å². The fraction of sp³-hybridized carbons (Fsp3) is 0.167. The highest BCUT2D eigenvalue weighted by Gasteiger charge is 2.27. The molecule has 0 radical (unpaired) electrons. The van der Waals surface area contributed by atoms with Crippen LogP contribution in [0.4, 0.5) is 5.69 Å². The average Bonchev–Trinajstić information content (AvgIpc) is 3.24. The van der Waals surface area contributed by atoms with Crippen molar-refractivity contribution in [2.45, 2.75) is 18.7 Å². The molecule has 34 heavy (non-hydrogen) atoms. The monoisotopic (exact) mass is 543 g/mol. The summed E-state index contributed by atoms with van der Waals surface area (Å²) in [6.45, 7) is 3.44. The molecule has 176 valence electrons. The van der Waals surface area contributed by atoms with Crippen molar-refractivity contribution in [1.82, 2.24) is 5.43 Å². The number of fused-ring (bicyclic) bond motifs is 1. The molecule has 1 aliphatic heterocycles. The summed E-state index contributed by atoms with van der Waals surface area (Å²) in [6, 6.07) is 16.9. The Morgan fingerprint density at radius 3 is 2.38 bits per heavy atom. The van der Waals surface area contributed by atoms with Gasteiger partial charge in [-0.25, -0.2) is 13.8 Å². The summed E-state index contributed by atoms with van der Waals surface area (Å²) in [6.07, 6.45) is 1.44. The van der Waals surface area contributed by atoms with Crippen molar-refractivity contribution < 1.29 is 22.7 Å². The highest BCUT2D eigenvalue weighted by molar-refractivity contribution is 9.10. The number of hydrogen-bond donors (Lipinski definition) is 1. The molecule has 1 heterocycles. The van der Waals surface area contributed by atoms with Gasteiger partial charge in [0.2, 0.25) is 6.79 Å². The Balaban J connectivity index is 1.57. The molecule has 0 atom stereocenters. The molecule has 0 saturated carbocycles. The topological polar surface area (TPSA) is 97.3 Å². The number of hydrogen-bond acceptors (Lipinski definition) is 6. The number of carbonyl (C=O) groups excluding carboxylic acids is 1. The molecule has 4 rings (SSSR count). The SMILES string of the molecule is Cc1cc(C)cc(N(CC(=O)N/N=C/c2cc3c(cc2Br)OCO3)S(=O)(=O)c2ccccc2)c1. The standard InChI is InChI=1S/C24H22BrN3O5S/c1-16-8-17(2)10-19(9-16)28(34(30,31)20-6-4-3-5-7-20)14-24(29)27-26-13-18-11-22-23(12-21(18)25)33-15-32-22/h3-13H,14-15H2,1-2H3,(H,27,29)/b26-13+. The molecule has 0 aliphatic carbocycles. The van der Waals surface area contributed by atoms with Crippen LogP contribution in [0.25, 0.3) is 0 Å². The zero-order chi connectivity index (χ0) is 24.3. The van der Waals surface area contributed by atoms with Crippen molar-refractivity contribution >= 4 is 43.8 Å². The largest absolute Gasteiger partial charge is 0.454 e. The number of aryl methyl sites for hydroxylation is 2. The van der Waals surface area contributed by atoms with Crippen LogP contribution in [-0.4, -0.2) is 33.9 Å². The van der Waals surface area contributed by atoms with Gasteiger partial charge >= 0.3 is 0 Å². The van der Waals surface area contributed by atoms with E-state index in [2.05, 4.69) is 26.5 Å². The number of ether oxygens (including phenoxy) is 2. The van der Waals surface area contributed by atoms with E-state index in [0.717, 1.165) is 15.4 Å². The summed E-state index contributed by atoms with van der Waals surface area (Å²) in [5.74, 6) is 0.598. The minimum Gasteiger partial charge on any atom is -0.454 e. The molecule has 0 aromatic heterocycles. The van der Waals surface area contributed by atoms with Crippen molar-refractivity contribution in [3.63, 3.8) is 0 Å². The lowest BCUT2D eigenvalue weighted by Crippen LogP contribution is -2.39. The van der Waals surface area contributed by atoms with Gasteiger partial charge in [0.15, 0.2) is 11.5 Å². The van der Waals surface area contributed by atoms with Crippen molar-refractivity contribution in [3.8, 4) is 11.5 Å². The van der Waals surface area contributed by atoms with Gasteiger partial charge in [0.1, 0.15) is 6.54 Å². The van der Waals surface area contributed by atoms with Crippen molar-refractivity contribution in [3.05, 3.63) is 81.8 Å². The number of rotatable bonds is 7. The first kappa shape index (κ1) is 23.8. The van der Waals surface area contributed by atoms with Crippen LogP contribution in [0.2, 0.25) is 0 Å². The van der Waals surface area contributed by atoms with Crippen molar-refractivity contribution in [2.24, 2.45) is 5.10 Å². The fourth-order valence-corrected chi connectivity index (χ4v) is 5.35. The second-order valence-corrected chi connectivity index (χ2v) is 10.4. The smallest absolute Gasteiger partial charge is 0.264 e. The van der Waals surface area contributed by atoms with E-state index in [9.17, 15) is 13.2 Å². The van der Waals surface area contributed by atoms with Gasteiger partial charge in [0.25, 0.3) is 15.9 Å². The number of halogens is 1. The van der Waals surface area contributed by atoms with E-state index >= 15 is 0 Å². The summed E-state index contributed by atoms with van der Waals surface area (Å²) < 4.78 is 39.3. The maximum Gasteiger partial charge on any atom is 0.264 e. The van der Waals surface area contributed by atoms with Gasteiger partial charge in [-0.15, -0.1) is 0 Å². The molecular weight excluding hydrogens is 522 g/mol. The summed E-state index contributed by atoms with van der Waals surface area (Å²) in [5.41, 5.74) is 5.24. The highest BCUT2D eigenvalue weighted by atomic mass is 79.9. The molecule has 1 amide bonds. The van der Waals surface area contributed by atoms with Crippen LogP contribution in [0.5, 0.6) is 11.5 Å². The van der Waals surface area contributed by atoms with Gasteiger partial charge in [0, 0.05) is 10.0 Å². The predicted octanol–water partition coefficient (Wildman–Crippen LogP) is 4.14. The molecule has 3 aromatic rings. The summed E-state index contributed by atoms with van der Waals surface area (Å²) >= 11 is 3.43. The van der Waals surface area contributed by atoms with Crippen LogP contribution in [0, 0.1) is 13.8 Å². The Bertz CT molecular complexity index is 1340. The summed E-state index contributed by atoms with van der Waals surface area (Å²) in [7, 11) is -3.99. The molecule has 1 N–H and O–H groups in total.